The largest absolute Gasteiger partial charge is 0.327 e. The Morgan fingerprint density at radius 3 is 2.50 bits per heavy atom. The van der Waals surface area contributed by atoms with Crippen molar-refractivity contribution in [1.29, 1.82) is 0 Å². The van der Waals surface area contributed by atoms with Crippen LogP contribution in [0.25, 0.3) is 0 Å². The predicted molar refractivity (Wildman–Crippen MR) is 58.7 cm³/mol. The first kappa shape index (κ1) is 10.0. The quantitative estimate of drug-likeness (QED) is 0.666. The highest BCUT2D eigenvalue weighted by atomic mass is 15.2. The summed E-state index contributed by atoms with van der Waals surface area (Å²) in [6.07, 6.45) is 11.3. The maximum absolute atomic E-state index is 6.10. The first-order chi connectivity index (χ1) is 6.72. The van der Waals surface area contributed by atoms with E-state index in [4.69, 9.17) is 12.2 Å². The molecule has 0 aliphatic carbocycles. The Balaban J connectivity index is 1.96. The van der Waals surface area contributed by atoms with Gasteiger partial charge < -0.3 is 10.6 Å². The average molecular weight is 192 g/mol. The topological polar surface area (TPSA) is 29.3 Å². The van der Waals surface area contributed by atoms with Crippen molar-refractivity contribution >= 4 is 0 Å². The number of rotatable bonds is 2. The van der Waals surface area contributed by atoms with Crippen LogP contribution in [-0.4, -0.2) is 30.1 Å². The van der Waals surface area contributed by atoms with Gasteiger partial charge in [-0.05, 0) is 38.6 Å². The van der Waals surface area contributed by atoms with E-state index in [1.807, 2.05) is 0 Å². The second-order valence-corrected chi connectivity index (χ2v) is 4.85. The zero-order chi connectivity index (χ0) is 10.1. The minimum Gasteiger partial charge on any atom is -0.327 e. The number of nitrogens with two attached hydrogens (primary N) is 1. The highest BCUT2D eigenvalue weighted by Gasteiger charge is 2.39. The van der Waals surface area contributed by atoms with Crippen molar-refractivity contribution in [3.8, 4) is 12.3 Å². The number of piperidine rings is 1. The maximum atomic E-state index is 6.10. The molecule has 78 valence electrons. The van der Waals surface area contributed by atoms with Crippen molar-refractivity contribution in [1.82, 2.24) is 4.90 Å². The number of nitrogens with zero attached hydrogens (tertiary/aromatic N) is 1. The summed E-state index contributed by atoms with van der Waals surface area (Å²) >= 11 is 0. The molecule has 0 aromatic heterocycles. The zero-order valence-electron chi connectivity index (χ0n) is 8.95. The van der Waals surface area contributed by atoms with Crippen LogP contribution in [0.1, 0.15) is 32.1 Å². The van der Waals surface area contributed by atoms with Gasteiger partial charge in [0.25, 0.3) is 0 Å². The molecule has 3 atom stereocenters. The molecule has 2 bridgehead atoms. The fourth-order valence-corrected chi connectivity index (χ4v) is 3.11. The Labute approximate surface area is 86.8 Å². The van der Waals surface area contributed by atoms with E-state index < -0.39 is 0 Å². The number of fused-ring (bicyclic) bond motifs is 2. The third kappa shape index (κ3) is 1.67. The molecule has 2 nitrogen and oxygen atoms in total. The van der Waals surface area contributed by atoms with E-state index >= 15 is 0 Å². The molecule has 2 heterocycles. The van der Waals surface area contributed by atoms with Gasteiger partial charge in [0.2, 0.25) is 0 Å². The summed E-state index contributed by atoms with van der Waals surface area (Å²) in [5.74, 6) is 3.35. The lowest BCUT2D eigenvalue weighted by molar-refractivity contribution is 0.121. The number of hydrogen-bond acceptors (Lipinski definition) is 2. The van der Waals surface area contributed by atoms with Crippen LogP contribution >= 0.6 is 0 Å². The third-order valence-electron chi connectivity index (χ3n) is 4.09. The number of hydrogen-bond donors (Lipinski definition) is 1. The molecule has 2 rings (SSSR count). The van der Waals surface area contributed by atoms with E-state index in [-0.39, 0.29) is 6.04 Å². The monoisotopic (exact) mass is 192 g/mol. The Bertz CT molecular complexity index is 229. The summed E-state index contributed by atoms with van der Waals surface area (Å²) in [5.41, 5.74) is 6.10. The van der Waals surface area contributed by atoms with E-state index in [0.29, 0.717) is 5.92 Å². The van der Waals surface area contributed by atoms with Gasteiger partial charge in [-0.2, -0.15) is 0 Å². The van der Waals surface area contributed by atoms with Crippen molar-refractivity contribution in [3.63, 3.8) is 0 Å². The SMILES string of the molecule is C#CCC(N)C1CC2CCC(C1)N2C. The second-order valence-electron chi connectivity index (χ2n) is 4.85. The number of terminal acetylenes is 1. The van der Waals surface area contributed by atoms with Gasteiger partial charge in [0.05, 0.1) is 0 Å². The molecule has 0 amide bonds. The van der Waals surface area contributed by atoms with E-state index in [9.17, 15) is 0 Å². The molecule has 2 aliphatic rings. The highest BCUT2D eigenvalue weighted by molar-refractivity contribution is 4.99. The lowest BCUT2D eigenvalue weighted by atomic mass is 9.84. The van der Waals surface area contributed by atoms with Crippen LogP contribution in [0.5, 0.6) is 0 Å². The fourth-order valence-electron chi connectivity index (χ4n) is 3.11. The van der Waals surface area contributed by atoms with Crippen molar-refractivity contribution in [2.45, 2.75) is 50.2 Å². The summed E-state index contributed by atoms with van der Waals surface area (Å²) in [5, 5.41) is 0. The minimum absolute atomic E-state index is 0.233. The third-order valence-corrected chi connectivity index (χ3v) is 4.09. The van der Waals surface area contributed by atoms with Gasteiger partial charge in [-0.25, -0.2) is 0 Å². The Hall–Kier alpha value is -0.520. The normalized spacial score (nSPS) is 39.4. The Morgan fingerprint density at radius 2 is 2.00 bits per heavy atom. The molecular formula is C12H20N2. The minimum atomic E-state index is 0.233. The van der Waals surface area contributed by atoms with E-state index in [0.717, 1.165) is 18.5 Å². The van der Waals surface area contributed by atoms with Gasteiger partial charge in [-0.1, -0.05) is 0 Å². The van der Waals surface area contributed by atoms with Crippen molar-refractivity contribution in [3.05, 3.63) is 0 Å². The van der Waals surface area contributed by atoms with Gasteiger partial charge in [-0.15, -0.1) is 12.3 Å². The molecule has 0 spiro atoms. The van der Waals surface area contributed by atoms with Crippen LogP contribution in [0.4, 0.5) is 0 Å². The van der Waals surface area contributed by atoms with Crippen LogP contribution in [0.3, 0.4) is 0 Å². The predicted octanol–water partition coefficient (Wildman–Crippen LogP) is 1.21. The lowest BCUT2D eigenvalue weighted by Crippen LogP contribution is -2.45. The molecule has 0 aromatic carbocycles. The van der Waals surface area contributed by atoms with Crippen molar-refractivity contribution in [2.24, 2.45) is 11.7 Å². The van der Waals surface area contributed by atoms with Gasteiger partial charge in [0.15, 0.2) is 0 Å². The molecule has 0 saturated carbocycles. The van der Waals surface area contributed by atoms with Crippen LogP contribution < -0.4 is 5.73 Å². The molecule has 2 fully saturated rings. The van der Waals surface area contributed by atoms with Crippen molar-refractivity contribution in [2.75, 3.05) is 7.05 Å². The summed E-state index contributed by atoms with van der Waals surface area (Å²) in [6, 6.07) is 1.79. The van der Waals surface area contributed by atoms with Crippen molar-refractivity contribution < 1.29 is 0 Å². The summed E-state index contributed by atoms with van der Waals surface area (Å²) in [6.45, 7) is 0. The van der Waals surface area contributed by atoms with Crippen LogP contribution in [0.2, 0.25) is 0 Å². The second kappa shape index (κ2) is 3.92. The molecule has 2 N–H and O–H groups in total. The van der Waals surface area contributed by atoms with Gasteiger partial charge >= 0.3 is 0 Å². The molecule has 0 radical (unpaired) electrons. The summed E-state index contributed by atoms with van der Waals surface area (Å²) in [7, 11) is 2.26. The smallest absolute Gasteiger partial charge is 0.0241 e. The highest BCUT2D eigenvalue weighted by Crippen LogP contribution is 2.38. The molecule has 2 heteroatoms. The molecular weight excluding hydrogens is 172 g/mol. The summed E-state index contributed by atoms with van der Waals surface area (Å²) in [4.78, 5) is 2.54. The van der Waals surface area contributed by atoms with E-state index in [1.165, 1.54) is 25.7 Å². The average Bonchev–Trinajstić information content (AvgIpc) is 2.42. The van der Waals surface area contributed by atoms with E-state index in [2.05, 4.69) is 17.9 Å². The molecule has 2 saturated heterocycles. The fraction of sp³-hybridized carbons (Fsp3) is 0.833. The summed E-state index contributed by atoms with van der Waals surface area (Å²) < 4.78 is 0. The van der Waals surface area contributed by atoms with Crippen LogP contribution in [0.15, 0.2) is 0 Å². The zero-order valence-corrected chi connectivity index (χ0v) is 8.95. The molecule has 14 heavy (non-hydrogen) atoms. The van der Waals surface area contributed by atoms with Crippen LogP contribution in [-0.2, 0) is 0 Å². The van der Waals surface area contributed by atoms with Gasteiger partial charge in [-0.3, -0.25) is 0 Å². The molecule has 3 unspecified atom stereocenters. The van der Waals surface area contributed by atoms with Crippen LogP contribution in [0, 0.1) is 18.3 Å². The van der Waals surface area contributed by atoms with Gasteiger partial charge in [0.1, 0.15) is 0 Å². The first-order valence-electron chi connectivity index (χ1n) is 5.63. The first-order valence-corrected chi connectivity index (χ1v) is 5.63. The molecule has 0 aromatic rings. The Kier molecular flexibility index (Phi) is 2.80. The molecule has 2 aliphatic heterocycles. The maximum Gasteiger partial charge on any atom is 0.0241 e. The van der Waals surface area contributed by atoms with Gasteiger partial charge in [0, 0.05) is 24.5 Å². The standard InChI is InChI=1S/C12H20N2/c1-3-4-12(13)9-7-10-5-6-11(8-9)14(10)2/h1,9-12H,4-8,13H2,2H3. The Morgan fingerprint density at radius 1 is 1.43 bits per heavy atom. The lowest BCUT2D eigenvalue weighted by Gasteiger charge is -2.38. The van der Waals surface area contributed by atoms with E-state index in [1.54, 1.807) is 0 Å².